The van der Waals surface area contributed by atoms with E-state index in [1.165, 1.54) is 16.8 Å². The Balaban J connectivity index is 2.06. The van der Waals surface area contributed by atoms with Crippen LogP contribution in [0.4, 0.5) is 0 Å². The van der Waals surface area contributed by atoms with Crippen LogP contribution in [0.2, 0.25) is 0 Å². The number of carbonyl (C=O) groups excluding carboxylic acids is 2. The van der Waals surface area contributed by atoms with Gasteiger partial charge < -0.3 is 9.63 Å². The first-order valence-corrected chi connectivity index (χ1v) is 8.42. The zero-order valence-electron chi connectivity index (χ0n) is 14.4. The van der Waals surface area contributed by atoms with Crippen LogP contribution >= 0.6 is 0 Å². The van der Waals surface area contributed by atoms with Crippen molar-refractivity contribution in [2.75, 3.05) is 0 Å². The molecule has 0 bridgehead atoms. The van der Waals surface area contributed by atoms with Crippen molar-refractivity contribution in [3.63, 3.8) is 0 Å². The van der Waals surface area contributed by atoms with Crippen molar-refractivity contribution in [1.82, 2.24) is 14.7 Å². The normalized spacial score (nSPS) is 14.8. The number of fused-ring (bicyclic) bond motifs is 1. The van der Waals surface area contributed by atoms with E-state index >= 15 is 0 Å². The number of pyridine rings is 2. The topological polar surface area (TPSA) is 115 Å². The number of allylic oxidation sites excluding steroid dienone is 1. The van der Waals surface area contributed by atoms with Crippen LogP contribution in [0.1, 0.15) is 30.6 Å². The Hall–Kier alpha value is -3.55. The fourth-order valence-corrected chi connectivity index (χ4v) is 3.20. The van der Waals surface area contributed by atoms with Gasteiger partial charge in [0, 0.05) is 30.5 Å². The summed E-state index contributed by atoms with van der Waals surface area (Å²) in [4.78, 5) is 41.7. The van der Waals surface area contributed by atoms with Crippen LogP contribution in [0.15, 0.2) is 45.4 Å². The summed E-state index contributed by atoms with van der Waals surface area (Å²) in [5.41, 5.74) is -0.802. The molecule has 3 heterocycles. The summed E-state index contributed by atoms with van der Waals surface area (Å²) in [5, 5.41) is 15.1. The van der Waals surface area contributed by atoms with Gasteiger partial charge in [-0.25, -0.2) is 9.55 Å². The third-order valence-corrected chi connectivity index (χ3v) is 4.46. The lowest BCUT2D eigenvalue weighted by molar-refractivity contribution is -0.123. The van der Waals surface area contributed by atoms with Crippen LogP contribution in [0, 0.1) is 6.92 Å². The Morgan fingerprint density at radius 1 is 1.19 bits per heavy atom. The molecule has 0 spiro atoms. The number of hydrogen-bond acceptors (Lipinski definition) is 7. The highest BCUT2D eigenvalue weighted by Gasteiger charge is 2.29. The van der Waals surface area contributed by atoms with Gasteiger partial charge in [0.25, 0.3) is 5.56 Å². The minimum absolute atomic E-state index is 0.158. The first-order chi connectivity index (χ1) is 13.0. The zero-order chi connectivity index (χ0) is 19.1. The van der Waals surface area contributed by atoms with Gasteiger partial charge in [-0.2, -0.15) is 0 Å². The van der Waals surface area contributed by atoms with E-state index in [0.29, 0.717) is 23.2 Å². The molecule has 1 fully saturated rings. The van der Waals surface area contributed by atoms with Crippen LogP contribution in [-0.2, 0) is 9.59 Å². The zero-order valence-corrected chi connectivity index (χ0v) is 14.4. The van der Waals surface area contributed by atoms with E-state index in [9.17, 15) is 19.5 Å². The van der Waals surface area contributed by atoms with Gasteiger partial charge in [0.2, 0.25) is 0 Å². The van der Waals surface area contributed by atoms with Gasteiger partial charge in [-0.05, 0) is 31.5 Å². The molecule has 0 unspecified atom stereocenters. The third-order valence-electron chi connectivity index (χ3n) is 4.46. The van der Waals surface area contributed by atoms with Crippen molar-refractivity contribution in [1.29, 1.82) is 0 Å². The highest BCUT2D eigenvalue weighted by molar-refractivity contribution is 6.25. The van der Waals surface area contributed by atoms with Gasteiger partial charge >= 0.3 is 0 Å². The highest BCUT2D eigenvalue weighted by Crippen LogP contribution is 2.25. The molecular formula is C19H15N3O5. The lowest BCUT2D eigenvalue weighted by atomic mass is 9.90. The maximum absolute atomic E-state index is 13.1. The van der Waals surface area contributed by atoms with Crippen LogP contribution in [0.25, 0.3) is 22.6 Å². The molecule has 0 atom stereocenters. The monoisotopic (exact) mass is 365 g/mol. The van der Waals surface area contributed by atoms with E-state index < -0.39 is 22.9 Å². The average molecular weight is 365 g/mol. The molecule has 0 radical (unpaired) electrons. The van der Waals surface area contributed by atoms with Crippen molar-refractivity contribution < 1.29 is 19.2 Å². The van der Waals surface area contributed by atoms with Gasteiger partial charge in [-0.15, -0.1) is 0 Å². The van der Waals surface area contributed by atoms with Crippen LogP contribution in [0.3, 0.4) is 0 Å². The predicted octanol–water partition coefficient (Wildman–Crippen LogP) is 2.27. The molecule has 1 aliphatic carbocycles. The Labute approximate surface area is 152 Å². The fourth-order valence-electron chi connectivity index (χ4n) is 3.20. The quantitative estimate of drug-likeness (QED) is 0.421. The minimum atomic E-state index is -0.648. The minimum Gasteiger partial charge on any atom is -0.506 e. The van der Waals surface area contributed by atoms with Crippen LogP contribution < -0.4 is 5.56 Å². The average Bonchev–Trinajstić information content (AvgIpc) is 3.06. The summed E-state index contributed by atoms with van der Waals surface area (Å²) in [6.07, 6.45) is 2.30. The smallest absolute Gasteiger partial charge is 0.269 e. The molecule has 0 aliphatic heterocycles. The Morgan fingerprint density at radius 2 is 1.93 bits per heavy atom. The molecule has 0 aromatic carbocycles. The molecule has 3 aromatic heterocycles. The Morgan fingerprint density at radius 3 is 2.59 bits per heavy atom. The van der Waals surface area contributed by atoms with Crippen molar-refractivity contribution in [3.8, 4) is 5.82 Å². The number of nitrogens with zero attached hydrogens (tertiary/aromatic N) is 3. The summed E-state index contributed by atoms with van der Waals surface area (Å²) in [6, 6.07) is 6.36. The van der Waals surface area contributed by atoms with Gasteiger partial charge in [-0.1, -0.05) is 5.16 Å². The molecule has 3 aromatic rings. The summed E-state index contributed by atoms with van der Waals surface area (Å²) in [5.74, 6) is -0.834. The fraction of sp³-hybridized carbons (Fsp3) is 0.211. The molecule has 1 saturated carbocycles. The second kappa shape index (κ2) is 6.31. The third kappa shape index (κ3) is 2.75. The van der Waals surface area contributed by atoms with E-state index in [4.69, 9.17) is 4.52 Å². The predicted molar refractivity (Wildman–Crippen MR) is 95.6 cm³/mol. The van der Waals surface area contributed by atoms with Crippen molar-refractivity contribution in [3.05, 3.63) is 57.7 Å². The lowest BCUT2D eigenvalue weighted by Crippen LogP contribution is -2.26. The first kappa shape index (κ1) is 16.9. The van der Waals surface area contributed by atoms with Gasteiger partial charge in [0.1, 0.15) is 22.7 Å². The number of aliphatic hydroxyl groups is 1. The number of aromatic nitrogens is 3. The SMILES string of the molecule is Cc1cc(-n2c(=O)c(C(O)=C3C(=O)CCCC3=O)cc3cccnc32)no1. The van der Waals surface area contributed by atoms with E-state index in [1.54, 1.807) is 25.1 Å². The highest BCUT2D eigenvalue weighted by atomic mass is 16.5. The summed E-state index contributed by atoms with van der Waals surface area (Å²) < 4.78 is 6.24. The summed E-state index contributed by atoms with van der Waals surface area (Å²) >= 11 is 0. The molecule has 4 rings (SSSR count). The number of aryl methyl sites for hydroxylation is 1. The van der Waals surface area contributed by atoms with Gasteiger partial charge in [0.05, 0.1) is 5.56 Å². The molecule has 136 valence electrons. The number of Topliss-reactive ketones (excluding diaryl/α,β-unsaturated/α-hetero) is 2. The number of aliphatic hydroxyl groups excluding tert-OH is 1. The first-order valence-electron chi connectivity index (χ1n) is 8.42. The van der Waals surface area contributed by atoms with Crippen LogP contribution in [0.5, 0.6) is 0 Å². The van der Waals surface area contributed by atoms with E-state index in [0.717, 1.165) is 0 Å². The Bertz CT molecular complexity index is 1170. The number of hydrogen-bond donors (Lipinski definition) is 1. The molecule has 8 nitrogen and oxygen atoms in total. The van der Waals surface area contributed by atoms with E-state index in [1.807, 2.05) is 0 Å². The Kier molecular flexibility index (Phi) is 3.95. The van der Waals surface area contributed by atoms with Crippen molar-refractivity contribution >= 4 is 28.4 Å². The van der Waals surface area contributed by atoms with E-state index in [2.05, 4.69) is 10.1 Å². The number of carbonyl (C=O) groups is 2. The molecule has 1 N–H and O–H groups in total. The second-order valence-corrected chi connectivity index (χ2v) is 6.33. The van der Waals surface area contributed by atoms with Gasteiger partial charge in [-0.3, -0.25) is 14.4 Å². The standard InChI is InChI=1S/C19H15N3O5/c1-10-8-15(21-27-10)22-18-11(4-3-7-20-18)9-12(19(22)26)17(25)16-13(23)5-2-6-14(16)24/h3-4,7-9,25H,2,5-6H2,1H3. The van der Waals surface area contributed by atoms with Crippen molar-refractivity contribution in [2.24, 2.45) is 0 Å². The van der Waals surface area contributed by atoms with Crippen LogP contribution in [-0.4, -0.2) is 31.4 Å². The molecule has 8 heteroatoms. The molecule has 0 amide bonds. The second-order valence-electron chi connectivity index (χ2n) is 6.33. The molecular weight excluding hydrogens is 350 g/mol. The largest absolute Gasteiger partial charge is 0.506 e. The lowest BCUT2D eigenvalue weighted by Gasteiger charge is -2.15. The number of ketones is 2. The molecule has 1 aliphatic rings. The molecule has 0 saturated heterocycles. The summed E-state index contributed by atoms with van der Waals surface area (Å²) in [7, 11) is 0. The maximum atomic E-state index is 13.1. The number of rotatable bonds is 2. The van der Waals surface area contributed by atoms with Gasteiger partial charge in [0.15, 0.2) is 17.4 Å². The maximum Gasteiger partial charge on any atom is 0.269 e. The summed E-state index contributed by atoms with van der Waals surface area (Å²) in [6.45, 7) is 1.68. The van der Waals surface area contributed by atoms with Crippen molar-refractivity contribution in [2.45, 2.75) is 26.2 Å². The van der Waals surface area contributed by atoms with E-state index in [-0.39, 0.29) is 29.8 Å². The molecule has 27 heavy (non-hydrogen) atoms.